The highest BCUT2D eigenvalue weighted by molar-refractivity contribution is 6.30. The van der Waals surface area contributed by atoms with Crippen LogP contribution in [-0.4, -0.2) is 11.9 Å². The number of carbonyl (C=O) groups excluding carboxylic acids is 1. The Morgan fingerprint density at radius 1 is 0.897 bits per heavy atom. The van der Waals surface area contributed by atoms with Crippen LogP contribution < -0.4 is 5.32 Å². The van der Waals surface area contributed by atoms with Crippen molar-refractivity contribution in [1.82, 2.24) is 5.32 Å². The van der Waals surface area contributed by atoms with Crippen LogP contribution >= 0.6 is 11.6 Å². The molecule has 0 aliphatic heterocycles. The lowest BCUT2D eigenvalue weighted by Crippen LogP contribution is -2.46. The van der Waals surface area contributed by atoms with Crippen molar-refractivity contribution in [3.63, 3.8) is 0 Å². The van der Waals surface area contributed by atoms with E-state index in [9.17, 15) is 4.79 Å². The molecule has 0 heterocycles. The fraction of sp³-hybridized carbons (Fsp3) is 0.269. The summed E-state index contributed by atoms with van der Waals surface area (Å²) in [6, 6.07) is 28.2. The third kappa shape index (κ3) is 5.27. The third-order valence-corrected chi connectivity index (χ3v) is 5.87. The number of hydrogen-bond donors (Lipinski definition) is 1. The lowest BCUT2D eigenvalue weighted by molar-refractivity contribution is -0.126. The molecule has 2 nitrogen and oxygen atoms in total. The zero-order valence-corrected chi connectivity index (χ0v) is 18.0. The molecule has 150 valence electrons. The van der Waals surface area contributed by atoms with Crippen molar-refractivity contribution in [1.29, 1.82) is 0 Å². The minimum atomic E-state index is -0.600. The number of nitrogens with one attached hydrogen (secondary N) is 1. The van der Waals surface area contributed by atoms with Gasteiger partial charge in [-0.15, -0.1) is 0 Å². The zero-order chi connectivity index (χ0) is 20.9. The minimum Gasteiger partial charge on any atom is -0.352 e. The summed E-state index contributed by atoms with van der Waals surface area (Å²) in [6.07, 6.45) is 0.828. The molecule has 3 heteroatoms. The first-order chi connectivity index (χ1) is 13.9. The van der Waals surface area contributed by atoms with Crippen LogP contribution in [0, 0.1) is 0 Å². The van der Waals surface area contributed by atoms with Gasteiger partial charge in [0.25, 0.3) is 0 Å². The van der Waals surface area contributed by atoms with Crippen LogP contribution in [0.5, 0.6) is 0 Å². The Bertz CT molecular complexity index is 920. The summed E-state index contributed by atoms with van der Waals surface area (Å²) in [4.78, 5) is 13.2. The van der Waals surface area contributed by atoms with Crippen LogP contribution in [0.2, 0.25) is 5.02 Å². The molecule has 0 fully saturated rings. The standard InChI is InChI=1S/C26H28ClNO/c1-19(28-25(29)26(2,3)22-12-8-5-9-13-22)24(21-10-6-4-7-11-21)18-20-14-16-23(27)17-15-20/h4-17,19,24H,18H2,1-3H3,(H,28,29). The van der Waals surface area contributed by atoms with E-state index in [0.29, 0.717) is 0 Å². The van der Waals surface area contributed by atoms with E-state index in [2.05, 4.69) is 36.5 Å². The van der Waals surface area contributed by atoms with Gasteiger partial charge in [0.05, 0.1) is 5.41 Å². The van der Waals surface area contributed by atoms with Crippen LogP contribution in [0.4, 0.5) is 0 Å². The van der Waals surface area contributed by atoms with Crippen molar-refractivity contribution in [2.24, 2.45) is 0 Å². The largest absolute Gasteiger partial charge is 0.352 e. The number of amides is 1. The summed E-state index contributed by atoms with van der Waals surface area (Å²) in [6.45, 7) is 6.04. The quantitative estimate of drug-likeness (QED) is 0.501. The molecular weight excluding hydrogens is 378 g/mol. The lowest BCUT2D eigenvalue weighted by atomic mass is 9.82. The van der Waals surface area contributed by atoms with Gasteiger partial charge in [-0.25, -0.2) is 0 Å². The molecule has 2 atom stereocenters. The molecule has 0 radical (unpaired) electrons. The van der Waals surface area contributed by atoms with E-state index in [1.54, 1.807) is 0 Å². The molecule has 1 amide bonds. The molecule has 0 spiro atoms. The van der Waals surface area contributed by atoms with Crippen molar-refractivity contribution < 1.29 is 4.79 Å². The molecule has 0 saturated carbocycles. The van der Waals surface area contributed by atoms with Crippen LogP contribution in [-0.2, 0) is 16.6 Å². The van der Waals surface area contributed by atoms with Crippen LogP contribution in [0.15, 0.2) is 84.9 Å². The molecular formula is C26H28ClNO. The highest BCUT2D eigenvalue weighted by Crippen LogP contribution is 2.28. The summed E-state index contributed by atoms with van der Waals surface area (Å²) in [5.74, 6) is 0.195. The molecule has 0 aliphatic rings. The number of halogens is 1. The summed E-state index contributed by atoms with van der Waals surface area (Å²) < 4.78 is 0. The monoisotopic (exact) mass is 405 g/mol. The van der Waals surface area contributed by atoms with Crippen LogP contribution in [0.3, 0.4) is 0 Å². The topological polar surface area (TPSA) is 29.1 Å². The fourth-order valence-corrected chi connectivity index (χ4v) is 3.76. The molecule has 3 aromatic rings. The molecule has 0 aliphatic carbocycles. The minimum absolute atomic E-state index is 0.0245. The molecule has 1 N–H and O–H groups in total. The fourth-order valence-electron chi connectivity index (χ4n) is 3.63. The lowest BCUT2D eigenvalue weighted by Gasteiger charge is -2.31. The van der Waals surface area contributed by atoms with Crippen molar-refractivity contribution in [3.8, 4) is 0 Å². The molecule has 0 aromatic heterocycles. The Kier molecular flexibility index (Phi) is 6.76. The van der Waals surface area contributed by atoms with Crippen molar-refractivity contribution in [2.45, 2.75) is 44.6 Å². The van der Waals surface area contributed by atoms with E-state index >= 15 is 0 Å². The highest BCUT2D eigenvalue weighted by atomic mass is 35.5. The Morgan fingerprint density at radius 3 is 2.03 bits per heavy atom. The summed E-state index contributed by atoms with van der Waals surface area (Å²) in [5, 5.41) is 4.02. The van der Waals surface area contributed by atoms with Gasteiger partial charge >= 0.3 is 0 Å². The molecule has 3 aromatic carbocycles. The predicted molar refractivity (Wildman–Crippen MR) is 121 cm³/mol. The molecule has 3 rings (SSSR count). The van der Waals surface area contributed by atoms with E-state index < -0.39 is 5.41 Å². The van der Waals surface area contributed by atoms with Gasteiger partial charge in [0.15, 0.2) is 0 Å². The average Bonchev–Trinajstić information content (AvgIpc) is 2.74. The summed E-state index contributed by atoms with van der Waals surface area (Å²) >= 11 is 6.05. The number of rotatable bonds is 7. The maximum atomic E-state index is 13.2. The highest BCUT2D eigenvalue weighted by Gasteiger charge is 2.32. The second-order valence-corrected chi connectivity index (χ2v) is 8.54. The van der Waals surface area contributed by atoms with Gasteiger partial charge in [-0.2, -0.15) is 0 Å². The van der Waals surface area contributed by atoms with E-state index in [1.165, 1.54) is 11.1 Å². The Balaban J connectivity index is 1.81. The molecule has 2 unspecified atom stereocenters. The smallest absolute Gasteiger partial charge is 0.230 e. The average molecular weight is 406 g/mol. The summed E-state index contributed by atoms with van der Waals surface area (Å²) in [7, 11) is 0. The molecule has 0 saturated heterocycles. The zero-order valence-electron chi connectivity index (χ0n) is 17.2. The number of benzene rings is 3. The Labute approximate surface area is 178 Å². The van der Waals surface area contributed by atoms with Gasteiger partial charge < -0.3 is 5.32 Å². The van der Waals surface area contributed by atoms with Crippen LogP contribution in [0.25, 0.3) is 0 Å². The van der Waals surface area contributed by atoms with E-state index in [-0.39, 0.29) is 17.9 Å². The maximum Gasteiger partial charge on any atom is 0.230 e. The third-order valence-electron chi connectivity index (χ3n) is 5.62. The van der Waals surface area contributed by atoms with E-state index in [1.807, 2.05) is 74.5 Å². The van der Waals surface area contributed by atoms with E-state index in [0.717, 1.165) is 17.0 Å². The van der Waals surface area contributed by atoms with Gasteiger partial charge in [-0.1, -0.05) is 84.4 Å². The van der Waals surface area contributed by atoms with Gasteiger partial charge in [-0.3, -0.25) is 4.79 Å². The Hall–Kier alpha value is -2.58. The van der Waals surface area contributed by atoms with Gasteiger partial charge in [0.1, 0.15) is 0 Å². The Morgan fingerprint density at radius 2 is 1.45 bits per heavy atom. The molecule has 0 bridgehead atoms. The van der Waals surface area contributed by atoms with Gasteiger partial charge in [0.2, 0.25) is 5.91 Å². The van der Waals surface area contributed by atoms with E-state index in [4.69, 9.17) is 11.6 Å². The first kappa shape index (κ1) is 21.1. The van der Waals surface area contributed by atoms with Crippen molar-refractivity contribution in [2.75, 3.05) is 0 Å². The van der Waals surface area contributed by atoms with Crippen molar-refractivity contribution >= 4 is 17.5 Å². The summed E-state index contributed by atoms with van der Waals surface area (Å²) in [5.41, 5.74) is 2.83. The SMILES string of the molecule is CC(NC(=O)C(C)(C)c1ccccc1)C(Cc1ccc(Cl)cc1)c1ccccc1. The predicted octanol–water partition coefficient (Wildman–Crippen LogP) is 6.15. The number of carbonyl (C=O) groups is 1. The van der Waals surface area contributed by atoms with Gasteiger partial charge in [-0.05, 0) is 56.0 Å². The second kappa shape index (κ2) is 9.28. The molecule has 29 heavy (non-hydrogen) atoms. The van der Waals surface area contributed by atoms with Crippen LogP contribution in [0.1, 0.15) is 43.4 Å². The maximum absolute atomic E-state index is 13.2. The first-order valence-electron chi connectivity index (χ1n) is 10.0. The normalized spacial score (nSPS) is 13.5. The van der Waals surface area contributed by atoms with Crippen molar-refractivity contribution in [3.05, 3.63) is 107 Å². The first-order valence-corrected chi connectivity index (χ1v) is 10.4. The van der Waals surface area contributed by atoms with Gasteiger partial charge in [0, 0.05) is 17.0 Å². The second-order valence-electron chi connectivity index (χ2n) is 8.10. The number of hydrogen-bond acceptors (Lipinski definition) is 1.